The normalized spacial score (nSPS) is 0. The first-order valence-corrected chi connectivity index (χ1v) is 0. The maximum absolute atomic E-state index is 0. The van der Waals surface area contributed by atoms with Crippen molar-refractivity contribution in [2.75, 3.05) is 0 Å². The average Bonchev–Trinajstić information content (AvgIpc) is 0. The van der Waals surface area contributed by atoms with E-state index in [-0.39, 0.29) is 63.5 Å². The molecule has 0 aliphatic rings. The Balaban J connectivity index is 0. The molecule has 38 valence electrons. The van der Waals surface area contributed by atoms with Crippen molar-refractivity contribution in [3.63, 3.8) is 0 Å². The van der Waals surface area contributed by atoms with Gasteiger partial charge in [-0.1, -0.05) is 0 Å². The van der Waals surface area contributed by atoms with E-state index in [1.165, 1.54) is 0 Å². The van der Waals surface area contributed by atoms with E-state index >= 15 is 0 Å². The number of hydrogen-bond acceptors (Lipinski definition) is 0. The van der Waals surface area contributed by atoms with Crippen LogP contribution in [0.4, 0.5) is 0 Å². The first-order chi connectivity index (χ1) is 0. The Morgan fingerprint density at radius 2 is 0.750 bits per heavy atom. The quantitative estimate of drug-likeness (QED) is 0.558. The second kappa shape index (κ2) is 21.3. The van der Waals surface area contributed by atoms with E-state index in [1.54, 1.807) is 0 Å². The summed E-state index contributed by atoms with van der Waals surface area (Å²) in [5.74, 6) is 0. The Hall–Kier alpha value is 1.81. The van der Waals surface area contributed by atoms with E-state index in [9.17, 15) is 0 Å². The fourth-order valence-corrected chi connectivity index (χ4v) is 0. The second-order valence-electron chi connectivity index (χ2n) is 0. The summed E-state index contributed by atoms with van der Waals surface area (Å²) in [5, 5.41) is 0. The van der Waals surface area contributed by atoms with Crippen molar-refractivity contribution >= 4 is 29.4 Å². The van der Waals surface area contributed by atoms with Gasteiger partial charge in [0, 0.05) is 34.1 Å². The summed E-state index contributed by atoms with van der Waals surface area (Å²) in [6.45, 7) is 0. The molecule has 2 radical (unpaired) electrons. The minimum atomic E-state index is 0. The van der Waals surface area contributed by atoms with Crippen molar-refractivity contribution in [2.45, 2.75) is 0 Å². The van der Waals surface area contributed by atoms with E-state index in [0.29, 0.717) is 0 Å². The minimum Gasteiger partial charge on any atom is -0.147 e. The Morgan fingerprint density at radius 3 is 0.750 bits per heavy atom. The Labute approximate surface area is 63.2 Å². The Morgan fingerprint density at radius 1 is 0.750 bits per heavy atom. The van der Waals surface area contributed by atoms with E-state index in [2.05, 4.69) is 0 Å². The topological polar surface area (TPSA) is 0 Å². The van der Waals surface area contributed by atoms with E-state index < -0.39 is 0 Å². The fraction of sp³-hybridized carbons (Fsp3) is 0. The fourth-order valence-electron chi connectivity index (χ4n) is 0. The van der Waals surface area contributed by atoms with Crippen LogP contribution in [-0.4, -0.2) is 0 Å². The van der Waals surface area contributed by atoms with Gasteiger partial charge in [0.1, 0.15) is 0 Å². The molecule has 0 saturated carbocycles. The third-order valence-corrected chi connectivity index (χ3v) is 0. The van der Waals surface area contributed by atoms with Crippen molar-refractivity contribution in [2.24, 2.45) is 0 Å². The van der Waals surface area contributed by atoms with Crippen LogP contribution in [0.15, 0.2) is 0 Å². The molecule has 0 amide bonds. The van der Waals surface area contributed by atoms with Gasteiger partial charge in [-0.25, -0.2) is 0 Å². The van der Waals surface area contributed by atoms with Crippen LogP contribution in [0.3, 0.4) is 0 Å². The monoisotopic (exact) mass is 242 g/mol. The summed E-state index contributed by atoms with van der Waals surface area (Å²) in [7, 11) is 0. The molecule has 0 rings (SSSR count). The predicted molar refractivity (Wildman–Crippen MR) is 17.6 cm³/mol. The van der Waals surface area contributed by atoms with Gasteiger partial charge in [0.05, 0.1) is 0 Å². The zero-order valence-electron chi connectivity index (χ0n) is 1.42. The molecule has 0 bridgehead atoms. The zero-order chi connectivity index (χ0) is 0. The molecule has 4 heavy (non-hydrogen) atoms. The maximum atomic E-state index is 0. The average molecular weight is 244 g/mol. The van der Waals surface area contributed by atoms with Gasteiger partial charge in [-0.2, -0.15) is 0 Å². The molecule has 0 nitrogen and oxygen atoms in total. The molecule has 0 saturated heterocycles. The standard InChI is InChI=1S/BrH.ClH.2Cu/h2*1H;;. The van der Waals surface area contributed by atoms with Gasteiger partial charge < -0.3 is 0 Å². The predicted octanol–water partition coefficient (Wildman–Crippen LogP) is 0.995. The van der Waals surface area contributed by atoms with E-state index in [0.717, 1.165) is 0 Å². The summed E-state index contributed by atoms with van der Waals surface area (Å²) in [5.41, 5.74) is 0. The molecule has 0 aromatic heterocycles. The Kier molecular flexibility index (Phi) is 219. The zero-order valence-corrected chi connectivity index (χ0v) is 5.83. The molecule has 0 spiro atoms. The summed E-state index contributed by atoms with van der Waals surface area (Å²) in [6.07, 6.45) is 0. The first-order valence-electron chi connectivity index (χ1n) is 0. The first kappa shape index (κ1) is 41.1. The Bertz CT molecular complexity index is 6.00. The van der Waals surface area contributed by atoms with Crippen molar-refractivity contribution in [1.82, 2.24) is 0 Å². The molecule has 0 atom stereocenters. The van der Waals surface area contributed by atoms with E-state index in [4.69, 9.17) is 0 Å². The van der Waals surface area contributed by atoms with Crippen molar-refractivity contribution in [1.29, 1.82) is 0 Å². The molecule has 4 heteroatoms. The van der Waals surface area contributed by atoms with Gasteiger partial charge in [-0.3, -0.25) is 0 Å². The van der Waals surface area contributed by atoms with Gasteiger partial charge in [-0.05, 0) is 0 Å². The van der Waals surface area contributed by atoms with Gasteiger partial charge in [0.25, 0.3) is 0 Å². The molecular weight excluding hydrogens is 242 g/mol. The third kappa shape index (κ3) is 9.18. The van der Waals surface area contributed by atoms with Crippen LogP contribution < -0.4 is 0 Å². The van der Waals surface area contributed by atoms with Crippen LogP contribution in [-0.2, 0) is 34.1 Å². The second-order valence-corrected chi connectivity index (χ2v) is 0. The molecule has 0 N–H and O–H groups in total. The van der Waals surface area contributed by atoms with Crippen molar-refractivity contribution in [3.05, 3.63) is 0 Å². The number of halogens is 2. The van der Waals surface area contributed by atoms with Crippen LogP contribution in [0, 0.1) is 0 Å². The summed E-state index contributed by atoms with van der Waals surface area (Å²) < 4.78 is 0. The molecule has 0 aliphatic carbocycles. The third-order valence-electron chi connectivity index (χ3n) is 0. The summed E-state index contributed by atoms with van der Waals surface area (Å²) in [4.78, 5) is 0. The molecule has 0 heterocycles. The minimum absolute atomic E-state index is 0. The molecule has 0 aromatic rings. The molecular formula is H2BrClCu2. The van der Waals surface area contributed by atoms with E-state index in [1.807, 2.05) is 0 Å². The molecule has 0 aliphatic heterocycles. The summed E-state index contributed by atoms with van der Waals surface area (Å²) >= 11 is 0. The van der Waals surface area contributed by atoms with Gasteiger partial charge in [0.15, 0.2) is 0 Å². The smallest absolute Gasteiger partial charge is 0 e. The summed E-state index contributed by atoms with van der Waals surface area (Å²) in [6, 6.07) is 0. The van der Waals surface area contributed by atoms with Crippen LogP contribution in [0.25, 0.3) is 0 Å². The number of rotatable bonds is 0. The van der Waals surface area contributed by atoms with Crippen LogP contribution in [0.5, 0.6) is 0 Å². The molecule has 0 unspecified atom stereocenters. The van der Waals surface area contributed by atoms with Gasteiger partial charge in [-0.15, -0.1) is 29.4 Å². The molecule has 0 aromatic carbocycles. The van der Waals surface area contributed by atoms with Crippen LogP contribution in [0.1, 0.15) is 0 Å². The van der Waals surface area contributed by atoms with Crippen molar-refractivity contribution in [3.8, 4) is 0 Å². The van der Waals surface area contributed by atoms with Gasteiger partial charge in [0.2, 0.25) is 0 Å². The van der Waals surface area contributed by atoms with Crippen LogP contribution in [0.2, 0.25) is 0 Å². The van der Waals surface area contributed by atoms with Crippen LogP contribution >= 0.6 is 29.4 Å². The van der Waals surface area contributed by atoms with Gasteiger partial charge >= 0.3 is 0 Å². The van der Waals surface area contributed by atoms with Crippen molar-refractivity contribution < 1.29 is 34.1 Å². The largest absolute Gasteiger partial charge is 0.147 e. The molecule has 0 fully saturated rings. The SMILES string of the molecule is Br.Cl.[Cu].[Cu]. The maximum Gasteiger partial charge on any atom is 0 e. The number of hydrogen-bond donors (Lipinski definition) is 0.